The summed E-state index contributed by atoms with van der Waals surface area (Å²) in [5.74, 6) is -0.678. The van der Waals surface area contributed by atoms with Gasteiger partial charge in [0.15, 0.2) is 10.8 Å². The van der Waals surface area contributed by atoms with Crippen LogP contribution in [0.5, 0.6) is 0 Å². The number of ether oxygens (including phenoxy) is 1. The van der Waals surface area contributed by atoms with Gasteiger partial charge in [-0.15, -0.1) is 11.3 Å². The van der Waals surface area contributed by atoms with Crippen molar-refractivity contribution in [2.24, 2.45) is 0 Å². The maximum atomic E-state index is 12.2. The molecular formula is C15H11Cl3N4O3S. The highest BCUT2D eigenvalue weighted by Crippen LogP contribution is 2.34. The lowest BCUT2D eigenvalue weighted by Crippen LogP contribution is -2.15. The van der Waals surface area contributed by atoms with Gasteiger partial charge in [0.05, 0.1) is 16.1 Å². The second kappa shape index (κ2) is 7.03. The van der Waals surface area contributed by atoms with E-state index >= 15 is 0 Å². The molecule has 0 aliphatic heterocycles. The Kier molecular flexibility index (Phi) is 5.12. The summed E-state index contributed by atoms with van der Waals surface area (Å²) in [6, 6.07) is 0. The summed E-state index contributed by atoms with van der Waals surface area (Å²) in [6.45, 7) is 3.48. The number of carbonyl (C=O) groups excluding carboxylic acids is 1. The van der Waals surface area contributed by atoms with Crippen LogP contribution in [0, 0.1) is 13.8 Å². The molecule has 0 saturated heterocycles. The van der Waals surface area contributed by atoms with E-state index in [-0.39, 0.29) is 44.6 Å². The molecule has 3 rings (SSSR count). The first kappa shape index (κ1) is 18.9. The fourth-order valence-electron chi connectivity index (χ4n) is 2.24. The van der Waals surface area contributed by atoms with Gasteiger partial charge < -0.3 is 15.5 Å². The van der Waals surface area contributed by atoms with Crippen molar-refractivity contribution < 1.29 is 9.53 Å². The van der Waals surface area contributed by atoms with E-state index in [0.717, 1.165) is 10.4 Å². The summed E-state index contributed by atoms with van der Waals surface area (Å²) >= 11 is 19.0. The van der Waals surface area contributed by atoms with Crippen molar-refractivity contribution in [3.63, 3.8) is 0 Å². The van der Waals surface area contributed by atoms with Gasteiger partial charge in [0.25, 0.3) is 5.56 Å². The average Bonchev–Trinajstić information content (AvgIpc) is 2.88. The van der Waals surface area contributed by atoms with Crippen LogP contribution in [0.3, 0.4) is 0 Å². The zero-order valence-electron chi connectivity index (χ0n) is 13.4. The van der Waals surface area contributed by atoms with Crippen LogP contribution in [-0.2, 0) is 11.3 Å². The summed E-state index contributed by atoms with van der Waals surface area (Å²) in [4.78, 5) is 36.7. The van der Waals surface area contributed by atoms with E-state index in [1.165, 1.54) is 11.3 Å². The molecule has 0 unspecified atom stereocenters. The fraction of sp³-hybridized carbons (Fsp3) is 0.200. The number of aryl methyl sites for hydroxylation is 2. The molecule has 3 heterocycles. The molecule has 0 atom stereocenters. The zero-order chi connectivity index (χ0) is 19.2. The van der Waals surface area contributed by atoms with E-state index in [9.17, 15) is 9.59 Å². The third-order valence-electron chi connectivity index (χ3n) is 3.69. The SMILES string of the molecule is Cc1sc2nc(COC(=O)c3nc(Cl)c(Cl)c(N)c3Cl)[nH]c(=O)c2c1C. The molecule has 3 aromatic heterocycles. The summed E-state index contributed by atoms with van der Waals surface area (Å²) in [5.41, 5.74) is 5.91. The molecular weight excluding hydrogens is 423 g/mol. The number of fused-ring (bicyclic) bond motifs is 1. The van der Waals surface area contributed by atoms with Gasteiger partial charge >= 0.3 is 5.97 Å². The molecule has 7 nitrogen and oxygen atoms in total. The van der Waals surface area contributed by atoms with Gasteiger partial charge in [-0.25, -0.2) is 14.8 Å². The normalized spacial score (nSPS) is 11.1. The van der Waals surface area contributed by atoms with Crippen LogP contribution in [0.1, 0.15) is 26.8 Å². The molecule has 0 bridgehead atoms. The van der Waals surface area contributed by atoms with E-state index in [4.69, 9.17) is 45.3 Å². The highest BCUT2D eigenvalue weighted by atomic mass is 35.5. The number of nitrogens with two attached hydrogens (primary N) is 1. The minimum absolute atomic E-state index is 0.0481. The smallest absolute Gasteiger partial charge is 0.359 e. The third kappa shape index (κ3) is 3.25. The van der Waals surface area contributed by atoms with Gasteiger partial charge in [-0.2, -0.15) is 0 Å². The number of thiophene rings is 1. The van der Waals surface area contributed by atoms with Gasteiger partial charge in [0.1, 0.15) is 22.3 Å². The maximum Gasteiger partial charge on any atom is 0.359 e. The lowest BCUT2D eigenvalue weighted by Gasteiger charge is -2.09. The number of rotatable bonds is 3. The fourth-order valence-corrected chi connectivity index (χ4v) is 3.87. The van der Waals surface area contributed by atoms with Crippen LogP contribution in [-0.4, -0.2) is 20.9 Å². The Labute approximate surface area is 166 Å². The van der Waals surface area contributed by atoms with Crippen LogP contribution in [0.4, 0.5) is 5.69 Å². The minimum Gasteiger partial charge on any atom is -0.453 e. The predicted molar refractivity (Wildman–Crippen MR) is 103 cm³/mol. The van der Waals surface area contributed by atoms with E-state index in [1.54, 1.807) is 0 Å². The second-order valence-electron chi connectivity index (χ2n) is 5.35. The molecule has 0 aromatic carbocycles. The van der Waals surface area contributed by atoms with Crippen molar-refractivity contribution in [3.05, 3.63) is 47.5 Å². The van der Waals surface area contributed by atoms with Crippen molar-refractivity contribution in [2.45, 2.75) is 20.5 Å². The monoisotopic (exact) mass is 432 g/mol. The Bertz CT molecular complexity index is 1110. The van der Waals surface area contributed by atoms with Crippen LogP contribution in [0.25, 0.3) is 10.2 Å². The van der Waals surface area contributed by atoms with E-state index in [0.29, 0.717) is 10.2 Å². The molecule has 26 heavy (non-hydrogen) atoms. The van der Waals surface area contributed by atoms with Gasteiger partial charge in [0.2, 0.25) is 0 Å². The average molecular weight is 434 g/mol. The number of aromatic nitrogens is 3. The number of H-pyrrole nitrogens is 1. The number of esters is 1. The summed E-state index contributed by atoms with van der Waals surface area (Å²) < 4.78 is 5.11. The Morgan fingerprint density at radius 2 is 1.92 bits per heavy atom. The van der Waals surface area contributed by atoms with Crippen LogP contribution < -0.4 is 11.3 Å². The van der Waals surface area contributed by atoms with Crippen molar-refractivity contribution in [1.82, 2.24) is 15.0 Å². The van der Waals surface area contributed by atoms with Crippen LogP contribution in [0.15, 0.2) is 4.79 Å². The van der Waals surface area contributed by atoms with Gasteiger partial charge in [-0.1, -0.05) is 34.8 Å². The second-order valence-corrected chi connectivity index (χ2v) is 7.66. The number of anilines is 1. The molecule has 0 fully saturated rings. The molecule has 3 N–H and O–H groups in total. The lowest BCUT2D eigenvalue weighted by atomic mass is 10.2. The quantitative estimate of drug-likeness (QED) is 0.479. The summed E-state index contributed by atoms with van der Waals surface area (Å²) in [7, 11) is 0. The molecule has 0 amide bonds. The van der Waals surface area contributed by atoms with E-state index in [2.05, 4.69) is 15.0 Å². The largest absolute Gasteiger partial charge is 0.453 e. The maximum absolute atomic E-state index is 12.2. The topological polar surface area (TPSA) is 111 Å². The number of nitrogen functional groups attached to an aromatic ring is 1. The molecule has 3 aromatic rings. The van der Waals surface area contributed by atoms with Gasteiger partial charge in [0, 0.05) is 4.88 Å². The molecule has 0 saturated carbocycles. The molecule has 0 aliphatic carbocycles. The number of halogens is 3. The van der Waals surface area contributed by atoms with Crippen molar-refractivity contribution in [2.75, 3.05) is 5.73 Å². The number of hydrogen-bond acceptors (Lipinski definition) is 7. The standard InChI is InChI=1S/C15H11Cl3N4O3S/c1-4-5(2)26-14-7(4)13(23)20-6(21-14)3-25-15(24)11-8(16)10(19)9(17)12(18)22-11/h3H2,1-2H3,(H2,19,22)(H,20,21,23). The van der Waals surface area contributed by atoms with Crippen molar-refractivity contribution >= 4 is 68.0 Å². The van der Waals surface area contributed by atoms with Gasteiger partial charge in [-0.3, -0.25) is 4.79 Å². The number of hydrogen-bond donors (Lipinski definition) is 2. The minimum atomic E-state index is -0.874. The first-order chi connectivity index (χ1) is 12.2. The highest BCUT2D eigenvalue weighted by molar-refractivity contribution is 7.18. The Morgan fingerprint density at radius 3 is 2.62 bits per heavy atom. The first-order valence-corrected chi connectivity index (χ1v) is 9.11. The molecule has 136 valence electrons. The Balaban J connectivity index is 1.87. The predicted octanol–water partition coefficient (Wildman–Crippen LogP) is 3.90. The van der Waals surface area contributed by atoms with Crippen LogP contribution >= 0.6 is 46.1 Å². The molecule has 0 radical (unpaired) electrons. The number of nitrogens with zero attached hydrogens (tertiary/aromatic N) is 2. The molecule has 0 aliphatic rings. The van der Waals surface area contributed by atoms with Crippen molar-refractivity contribution in [3.8, 4) is 0 Å². The molecule has 0 spiro atoms. The highest BCUT2D eigenvalue weighted by Gasteiger charge is 2.21. The van der Waals surface area contributed by atoms with Crippen molar-refractivity contribution in [1.29, 1.82) is 0 Å². The number of nitrogens with one attached hydrogen (secondary N) is 1. The Hall–Kier alpha value is -1.87. The summed E-state index contributed by atoms with van der Waals surface area (Å²) in [5, 5.41) is 0.154. The number of aromatic amines is 1. The third-order valence-corrected chi connectivity index (χ3v) is 5.93. The van der Waals surface area contributed by atoms with E-state index in [1.807, 2.05) is 13.8 Å². The van der Waals surface area contributed by atoms with E-state index < -0.39 is 5.97 Å². The lowest BCUT2D eigenvalue weighted by molar-refractivity contribution is 0.0455. The summed E-state index contributed by atoms with van der Waals surface area (Å²) in [6.07, 6.45) is 0. The number of pyridine rings is 1. The van der Waals surface area contributed by atoms with Gasteiger partial charge in [-0.05, 0) is 19.4 Å². The Morgan fingerprint density at radius 1 is 1.23 bits per heavy atom. The van der Waals surface area contributed by atoms with Crippen LogP contribution in [0.2, 0.25) is 15.2 Å². The first-order valence-electron chi connectivity index (χ1n) is 7.16. The number of carbonyl (C=O) groups is 1. The zero-order valence-corrected chi connectivity index (χ0v) is 16.5. The molecule has 11 heteroatoms.